The van der Waals surface area contributed by atoms with E-state index in [9.17, 15) is 0 Å². The lowest BCUT2D eigenvalue weighted by Crippen LogP contribution is -2.21. The van der Waals surface area contributed by atoms with E-state index in [1.165, 1.54) is 5.57 Å². The summed E-state index contributed by atoms with van der Waals surface area (Å²) in [6, 6.07) is 7.90. The van der Waals surface area contributed by atoms with Gasteiger partial charge in [0.25, 0.3) is 0 Å². The number of halogens is 1. The van der Waals surface area contributed by atoms with Crippen LogP contribution < -0.4 is 5.32 Å². The SMILES string of the molecule is CC(C)=CCNC(c1ccco1)c1ccc(Cl)s1. The lowest BCUT2D eigenvalue weighted by atomic mass is 10.2. The smallest absolute Gasteiger partial charge is 0.126 e. The highest BCUT2D eigenvalue weighted by molar-refractivity contribution is 7.16. The van der Waals surface area contributed by atoms with Gasteiger partial charge in [0.05, 0.1) is 10.6 Å². The third-order valence-corrected chi connectivity index (χ3v) is 3.83. The van der Waals surface area contributed by atoms with Crippen LogP contribution in [0.4, 0.5) is 0 Å². The van der Waals surface area contributed by atoms with Crippen molar-refractivity contribution in [3.63, 3.8) is 0 Å². The van der Waals surface area contributed by atoms with Crippen LogP contribution in [-0.2, 0) is 0 Å². The zero-order valence-electron chi connectivity index (χ0n) is 10.4. The monoisotopic (exact) mass is 281 g/mol. The van der Waals surface area contributed by atoms with Crippen molar-refractivity contribution < 1.29 is 4.42 Å². The molecule has 0 saturated heterocycles. The number of hydrogen-bond donors (Lipinski definition) is 1. The molecular formula is C14H16ClNOS. The molecule has 0 fully saturated rings. The molecule has 0 aliphatic carbocycles. The molecule has 0 aliphatic rings. The van der Waals surface area contributed by atoms with Crippen LogP contribution in [0.25, 0.3) is 0 Å². The minimum absolute atomic E-state index is 0.0631. The molecule has 0 aromatic carbocycles. The van der Waals surface area contributed by atoms with Crippen LogP contribution in [0.5, 0.6) is 0 Å². The number of rotatable bonds is 5. The van der Waals surface area contributed by atoms with Crippen LogP contribution in [0, 0.1) is 0 Å². The highest BCUT2D eigenvalue weighted by Gasteiger charge is 2.17. The van der Waals surface area contributed by atoms with Crippen molar-refractivity contribution in [3.8, 4) is 0 Å². The minimum Gasteiger partial charge on any atom is -0.467 e. The Labute approximate surface area is 116 Å². The maximum atomic E-state index is 6.00. The van der Waals surface area contributed by atoms with Gasteiger partial charge in [0.1, 0.15) is 11.8 Å². The molecule has 1 N–H and O–H groups in total. The predicted molar refractivity (Wildman–Crippen MR) is 77.3 cm³/mol. The molecule has 18 heavy (non-hydrogen) atoms. The number of nitrogens with one attached hydrogen (secondary N) is 1. The van der Waals surface area contributed by atoms with Crippen LogP contribution in [0.1, 0.15) is 30.5 Å². The van der Waals surface area contributed by atoms with Gasteiger partial charge in [0.15, 0.2) is 0 Å². The van der Waals surface area contributed by atoms with Crippen molar-refractivity contribution in [2.45, 2.75) is 19.9 Å². The minimum atomic E-state index is 0.0631. The number of allylic oxidation sites excluding steroid dienone is 1. The van der Waals surface area contributed by atoms with Crippen molar-refractivity contribution in [2.24, 2.45) is 0 Å². The summed E-state index contributed by atoms with van der Waals surface area (Å²) >= 11 is 7.57. The Hall–Kier alpha value is -1.03. The van der Waals surface area contributed by atoms with Gasteiger partial charge in [-0.15, -0.1) is 11.3 Å². The van der Waals surface area contributed by atoms with E-state index in [0.29, 0.717) is 0 Å². The molecule has 0 bridgehead atoms. The first-order valence-corrected chi connectivity index (χ1v) is 7.01. The Balaban J connectivity index is 2.16. The zero-order chi connectivity index (χ0) is 13.0. The Morgan fingerprint density at radius 3 is 2.83 bits per heavy atom. The first-order chi connectivity index (χ1) is 8.66. The summed E-state index contributed by atoms with van der Waals surface area (Å²) in [6.07, 6.45) is 3.85. The predicted octanol–water partition coefficient (Wildman–Crippen LogP) is 4.64. The maximum Gasteiger partial charge on any atom is 0.126 e. The van der Waals surface area contributed by atoms with Gasteiger partial charge in [-0.3, -0.25) is 5.32 Å². The summed E-state index contributed by atoms with van der Waals surface area (Å²) < 4.78 is 6.29. The third kappa shape index (κ3) is 3.48. The molecule has 0 amide bonds. The van der Waals surface area contributed by atoms with Crippen LogP contribution in [0.3, 0.4) is 0 Å². The molecule has 0 spiro atoms. The number of hydrogen-bond acceptors (Lipinski definition) is 3. The molecule has 2 aromatic rings. The first-order valence-electron chi connectivity index (χ1n) is 5.82. The summed E-state index contributed by atoms with van der Waals surface area (Å²) in [5.41, 5.74) is 1.30. The fourth-order valence-electron chi connectivity index (χ4n) is 1.66. The van der Waals surface area contributed by atoms with Gasteiger partial charge in [0.2, 0.25) is 0 Å². The maximum absolute atomic E-state index is 6.00. The summed E-state index contributed by atoms with van der Waals surface area (Å²) in [4.78, 5) is 1.16. The largest absolute Gasteiger partial charge is 0.467 e. The second kappa shape index (κ2) is 6.23. The van der Waals surface area contributed by atoms with Crippen LogP contribution in [0.2, 0.25) is 4.34 Å². The van der Waals surface area contributed by atoms with Crippen molar-refractivity contribution >= 4 is 22.9 Å². The normalized spacial score (nSPS) is 12.4. The average molecular weight is 282 g/mol. The summed E-state index contributed by atoms with van der Waals surface area (Å²) in [7, 11) is 0. The molecule has 0 aliphatic heterocycles. The van der Waals surface area contributed by atoms with Gasteiger partial charge in [0, 0.05) is 11.4 Å². The Morgan fingerprint density at radius 2 is 2.28 bits per heavy atom. The van der Waals surface area contributed by atoms with Gasteiger partial charge in [-0.2, -0.15) is 0 Å². The van der Waals surface area contributed by atoms with Gasteiger partial charge < -0.3 is 4.42 Å². The standard InChI is InChI=1S/C14H16ClNOS/c1-10(2)7-8-16-14(11-4-3-9-17-11)12-5-6-13(15)18-12/h3-7,9,14,16H,8H2,1-2H3. The van der Waals surface area contributed by atoms with E-state index in [1.807, 2.05) is 24.3 Å². The third-order valence-electron chi connectivity index (χ3n) is 2.54. The Kier molecular flexibility index (Phi) is 4.64. The van der Waals surface area contributed by atoms with Crippen molar-refractivity contribution in [3.05, 3.63) is 57.2 Å². The first kappa shape index (κ1) is 13.4. The molecule has 0 saturated carbocycles. The molecule has 96 valence electrons. The van der Waals surface area contributed by atoms with E-state index in [4.69, 9.17) is 16.0 Å². The second-order valence-corrected chi connectivity index (χ2v) is 6.03. The molecule has 1 unspecified atom stereocenters. The molecule has 2 nitrogen and oxygen atoms in total. The second-order valence-electron chi connectivity index (χ2n) is 4.28. The van der Waals surface area contributed by atoms with Crippen molar-refractivity contribution in [1.29, 1.82) is 0 Å². The lowest BCUT2D eigenvalue weighted by molar-refractivity contribution is 0.459. The highest BCUT2D eigenvalue weighted by Crippen LogP contribution is 2.31. The van der Waals surface area contributed by atoms with E-state index in [1.54, 1.807) is 17.6 Å². The molecule has 1 atom stereocenters. The Morgan fingerprint density at radius 1 is 1.44 bits per heavy atom. The summed E-state index contributed by atoms with van der Waals surface area (Å²) in [5, 5.41) is 3.46. The van der Waals surface area contributed by atoms with E-state index in [2.05, 4.69) is 25.2 Å². The number of furan rings is 1. The van der Waals surface area contributed by atoms with Crippen molar-refractivity contribution in [2.75, 3.05) is 6.54 Å². The molecule has 2 rings (SSSR count). The lowest BCUT2D eigenvalue weighted by Gasteiger charge is -2.14. The molecular weight excluding hydrogens is 266 g/mol. The molecule has 2 heterocycles. The van der Waals surface area contributed by atoms with Gasteiger partial charge in [-0.05, 0) is 38.1 Å². The summed E-state index contributed by atoms with van der Waals surface area (Å²) in [6.45, 7) is 4.99. The van der Waals surface area contributed by atoms with E-state index < -0.39 is 0 Å². The van der Waals surface area contributed by atoms with Crippen LogP contribution >= 0.6 is 22.9 Å². The van der Waals surface area contributed by atoms with E-state index in [-0.39, 0.29) is 6.04 Å². The fraction of sp³-hybridized carbons (Fsp3) is 0.286. The van der Waals surface area contributed by atoms with E-state index in [0.717, 1.165) is 21.5 Å². The topological polar surface area (TPSA) is 25.2 Å². The zero-order valence-corrected chi connectivity index (χ0v) is 12.0. The number of thiophene rings is 1. The van der Waals surface area contributed by atoms with Gasteiger partial charge in [-0.25, -0.2) is 0 Å². The van der Waals surface area contributed by atoms with Crippen LogP contribution in [-0.4, -0.2) is 6.54 Å². The highest BCUT2D eigenvalue weighted by atomic mass is 35.5. The fourth-order valence-corrected chi connectivity index (χ4v) is 2.81. The van der Waals surface area contributed by atoms with Gasteiger partial charge >= 0.3 is 0 Å². The van der Waals surface area contributed by atoms with Crippen molar-refractivity contribution in [1.82, 2.24) is 5.32 Å². The molecule has 4 heteroatoms. The average Bonchev–Trinajstić information content (AvgIpc) is 2.95. The van der Waals surface area contributed by atoms with Crippen LogP contribution in [0.15, 0.2) is 46.6 Å². The van der Waals surface area contributed by atoms with E-state index >= 15 is 0 Å². The summed E-state index contributed by atoms with van der Waals surface area (Å²) in [5.74, 6) is 0.913. The molecule has 0 radical (unpaired) electrons. The quantitative estimate of drug-likeness (QED) is 0.808. The Bertz CT molecular complexity index is 512. The van der Waals surface area contributed by atoms with Gasteiger partial charge in [-0.1, -0.05) is 23.3 Å². The molecule has 2 aromatic heterocycles.